The molecule has 2 rings (SSSR count). The molecule has 6 nitrogen and oxygen atoms in total. The zero-order chi connectivity index (χ0) is 19.5. The number of nitrogens with zero attached hydrogens (tertiary/aromatic N) is 1. The Balaban J connectivity index is 2.59. The van der Waals surface area contributed by atoms with Crippen LogP contribution < -0.4 is 9.04 Å². The van der Waals surface area contributed by atoms with Crippen LogP contribution >= 0.6 is 0 Å². The topological polar surface area (TPSA) is 72.9 Å². The van der Waals surface area contributed by atoms with Crippen LogP contribution in [0.1, 0.15) is 16.7 Å². The Kier molecular flexibility index (Phi) is 5.92. The SMILES string of the molecule is COC(=O)CN(c1ccc(C)cc1C)S(=O)(=O)c1ccc(OC)c(C)c1. The van der Waals surface area contributed by atoms with Crippen LogP contribution in [-0.4, -0.2) is 35.2 Å². The maximum absolute atomic E-state index is 13.3. The van der Waals surface area contributed by atoms with Crippen LogP contribution in [0.5, 0.6) is 5.75 Å². The third-order valence-corrected chi connectivity index (χ3v) is 5.83. The maximum atomic E-state index is 13.3. The number of hydrogen-bond donors (Lipinski definition) is 0. The first-order chi connectivity index (χ1) is 12.2. The summed E-state index contributed by atoms with van der Waals surface area (Å²) in [4.78, 5) is 12.0. The molecule has 0 aliphatic rings. The van der Waals surface area contributed by atoms with E-state index in [1.165, 1.54) is 26.4 Å². The average molecular weight is 377 g/mol. The maximum Gasteiger partial charge on any atom is 0.326 e. The third kappa shape index (κ3) is 3.99. The van der Waals surface area contributed by atoms with Gasteiger partial charge in [0.25, 0.3) is 10.0 Å². The van der Waals surface area contributed by atoms with Gasteiger partial charge in [-0.05, 0) is 56.2 Å². The molecule has 0 spiro atoms. The number of esters is 1. The molecule has 26 heavy (non-hydrogen) atoms. The largest absolute Gasteiger partial charge is 0.496 e. The van der Waals surface area contributed by atoms with Crippen molar-refractivity contribution in [3.63, 3.8) is 0 Å². The number of hydrogen-bond acceptors (Lipinski definition) is 5. The van der Waals surface area contributed by atoms with Crippen molar-refractivity contribution in [3.8, 4) is 5.75 Å². The smallest absolute Gasteiger partial charge is 0.326 e. The Hall–Kier alpha value is -2.54. The Bertz CT molecular complexity index is 922. The minimum absolute atomic E-state index is 0.0830. The molecule has 2 aromatic rings. The predicted octanol–water partition coefficient (Wildman–Crippen LogP) is 2.99. The van der Waals surface area contributed by atoms with Gasteiger partial charge in [-0.3, -0.25) is 9.10 Å². The van der Waals surface area contributed by atoms with Gasteiger partial charge in [-0.2, -0.15) is 0 Å². The molecule has 0 bridgehead atoms. The van der Waals surface area contributed by atoms with Crippen LogP contribution in [0.25, 0.3) is 0 Å². The molecule has 0 amide bonds. The Morgan fingerprint density at radius 3 is 2.23 bits per heavy atom. The Morgan fingerprint density at radius 2 is 1.69 bits per heavy atom. The molecule has 140 valence electrons. The van der Waals surface area contributed by atoms with Gasteiger partial charge in [0.05, 0.1) is 24.8 Å². The van der Waals surface area contributed by atoms with Crippen LogP contribution in [0.4, 0.5) is 5.69 Å². The fraction of sp³-hybridized carbons (Fsp3) is 0.316. The highest BCUT2D eigenvalue weighted by Crippen LogP contribution is 2.29. The summed E-state index contributed by atoms with van der Waals surface area (Å²) in [6, 6.07) is 9.97. The van der Waals surface area contributed by atoms with Gasteiger partial charge >= 0.3 is 5.97 Å². The van der Waals surface area contributed by atoms with Crippen LogP contribution in [0.3, 0.4) is 0 Å². The van der Waals surface area contributed by atoms with Crippen molar-refractivity contribution in [2.75, 3.05) is 25.1 Å². The summed E-state index contributed by atoms with van der Waals surface area (Å²) in [6.07, 6.45) is 0. The molecule has 0 saturated carbocycles. The van der Waals surface area contributed by atoms with Crippen molar-refractivity contribution in [3.05, 3.63) is 53.1 Å². The summed E-state index contributed by atoms with van der Waals surface area (Å²) in [5, 5.41) is 0. The summed E-state index contributed by atoms with van der Waals surface area (Å²) in [5.74, 6) is -0.0474. The van der Waals surface area contributed by atoms with Gasteiger partial charge in [0, 0.05) is 0 Å². The fourth-order valence-corrected chi connectivity index (χ4v) is 4.26. The summed E-state index contributed by atoms with van der Waals surface area (Å²) in [6.45, 7) is 5.08. The molecule has 0 aliphatic carbocycles. The van der Waals surface area contributed by atoms with E-state index in [1.54, 1.807) is 32.0 Å². The van der Waals surface area contributed by atoms with Crippen LogP contribution in [-0.2, 0) is 19.6 Å². The van der Waals surface area contributed by atoms with E-state index in [0.29, 0.717) is 17.0 Å². The first-order valence-electron chi connectivity index (χ1n) is 8.02. The lowest BCUT2D eigenvalue weighted by molar-refractivity contribution is -0.138. The molecule has 0 radical (unpaired) electrons. The average Bonchev–Trinajstić information content (AvgIpc) is 2.59. The molecule has 0 aliphatic heterocycles. The first kappa shape index (κ1) is 19.8. The summed E-state index contributed by atoms with van der Waals surface area (Å²) < 4.78 is 37.5. The molecule has 7 heteroatoms. The molecular formula is C19H23NO5S. The number of aryl methyl sites for hydroxylation is 3. The highest BCUT2D eigenvalue weighted by atomic mass is 32.2. The van der Waals surface area contributed by atoms with Crippen molar-refractivity contribution in [1.29, 1.82) is 0 Å². The highest BCUT2D eigenvalue weighted by Gasteiger charge is 2.29. The molecular weight excluding hydrogens is 354 g/mol. The fourth-order valence-electron chi connectivity index (χ4n) is 2.71. The van der Waals surface area contributed by atoms with Crippen molar-refractivity contribution in [2.45, 2.75) is 25.7 Å². The summed E-state index contributed by atoms with van der Waals surface area (Å²) in [5.41, 5.74) is 2.88. The number of sulfonamides is 1. The lowest BCUT2D eigenvalue weighted by Gasteiger charge is -2.25. The van der Waals surface area contributed by atoms with Crippen molar-refractivity contribution in [2.24, 2.45) is 0 Å². The normalized spacial score (nSPS) is 11.1. The van der Waals surface area contributed by atoms with E-state index in [1.807, 2.05) is 13.0 Å². The van der Waals surface area contributed by atoms with Gasteiger partial charge in [0.15, 0.2) is 0 Å². The number of anilines is 1. The van der Waals surface area contributed by atoms with E-state index >= 15 is 0 Å². The zero-order valence-corrected chi connectivity index (χ0v) is 16.4. The van der Waals surface area contributed by atoms with E-state index in [-0.39, 0.29) is 4.90 Å². The van der Waals surface area contributed by atoms with E-state index in [4.69, 9.17) is 9.47 Å². The van der Waals surface area contributed by atoms with Crippen molar-refractivity contribution in [1.82, 2.24) is 0 Å². The molecule has 0 saturated heterocycles. The lowest BCUT2D eigenvalue weighted by Crippen LogP contribution is -2.36. The third-order valence-electron chi connectivity index (χ3n) is 4.08. The number of ether oxygens (including phenoxy) is 2. The van der Waals surface area contributed by atoms with Gasteiger partial charge < -0.3 is 9.47 Å². The molecule has 2 aromatic carbocycles. The predicted molar refractivity (Wildman–Crippen MR) is 100 cm³/mol. The lowest BCUT2D eigenvalue weighted by atomic mass is 10.1. The zero-order valence-electron chi connectivity index (χ0n) is 15.6. The van der Waals surface area contributed by atoms with Gasteiger partial charge in [-0.25, -0.2) is 8.42 Å². The monoisotopic (exact) mass is 377 g/mol. The van der Waals surface area contributed by atoms with Crippen LogP contribution in [0.15, 0.2) is 41.3 Å². The number of carbonyl (C=O) groups is 1. The van der Waals surface area contributed by atoms with Crippen molar-refractivity contribution >= 4 is 21.7 Å². The Labute approximate surface area is 154 Å². The van der Waals surface area contributed by atoms with E-state index < -0.39 is 22.5 Å². The molecule has 0 N–H and O–H groups in total. The molecule has 0 unspecified atom stereocenters. The number of carbonyl (C=O) groups excluding carboxylic acids is 1. The van der Waals surface area contributed by atoms with Gasteiger partial charge in [0.2, 0.25) is 0 Å². The molecule has 0 heterocycles. The first-order valence-corrected chi connectivity index (χ1v) is 9.46. The standard InChI is InChI=1S/C19H23NO5S/c1-13-6-8-17(14(2)10-13)20(12-19(21)25-5)26(22,23)16-7-9-18(24-4)15(3)11-16/h6-11H,12H2,1-5H3. The highest BCUT2D eigenvalue weighted by molar-refractivity contribution is 7.92. The molecule has 0 fully saturated rings. The van der Waals surface area contributed by atoms with E-state index in [2.05, 4.69) is 0 Å². The van der Waals surface area contributed by atoms with Crippen LogP contribution in [0.2, 0.25) is 0 Å². The Morgan fingerprint density at radius 1 is 1.00 bits per heavy atom. The minimum Gasteiger partial charge on any atom is -0.496 e. The van der Waals surface area contributed by atoms with Crippen molar-refractivity contribution < 1.29 is 22.7 Å². The van der Waals surface area contributed by atoms with Gasteiger partial charge in [0.1, 0.15) is 12.3 Å². The van der Waals surface area contributed by atoms with Gasteiger partial charge in [-0.15, -0.1) is 0 Å². The second kappa shape index (κ2) is 7.78. The number of rotatable bonds is 6. The van der Waals surface area contributed by atoms with E-state index in [0.717, 1.165) is 15.4 Å². The second-order valence-electron chi connectivity index (χ2n) is 6.01. The van der Waals surface area contributed by atoms with Gasteiger partial charge in [-0.1, -0.05) is 17.7 Å². The number of benzene rings is 2. The molecule has 0 atom stereocenters. The van der Waals surface area contributed by atoms with Crippen LogP contribution in [0, 0.1) is 20.8 Å². The quantitative estimate of drug-likeness (QED) is 0.724. The summed E-state index contributed by atoms with van der Waals surface area (Å²) in [7, 11) is -1.21. The second-order valence-corrected chi connectivity index (χ2v) is 7.87. The minimum atomic E-state index is -3.97. The summed E-state index contributed by atoms with van der Waals surface area (Å²) >= 11 is 0. The van der Waals surface area contributed by atoms with E-state index in [9.17, 15) is 13.2 Å². The number of methoxy groups -OCH3 is 2. The molecule has 0 aromatic heterocycles.